The van der Waals surface area contributed by atoms with E-state index in [1.54, 1.807) is 31.2 Å². The van der Waals surface area contributed by atoms with Gasteiger partial charge in [0.25, 0.3) is 0 Å². The van der Waals surface area contributed by atoms with Crippen LogP contribution in [0.25, 0.3) is 10.2 Å². The van der Waals surface area contributed by atoms with Crippen molar-refractivity contribution >= 4 is 50.0 Å². The van der Waals surface area contributed by atoms with Gasteiger partial charge in [0.15, 0.2) is 10.4 Å². The first-order valence-corrected chi connectivity index (χ1v) is 8.62. The fourth-order valence-corrected chi connectivity index (χ4v) is 3.86. The summed E-state index contributed by atoms with van der Waals surface area (Å²) in [6.45, 7) is 1.73. The molecule has 0 N–H and O–H groups in total. The topological polar surface area (TPSA) is 39.2 Å². The second-order valence-electron chi connectivity index (χ2n) is 4.58. The highest BCUT2D eigenvalue weighted by Crippen LogP contribution is 2.31. The summed E-state index contributed by atoms with van der Waals surface area (Å²) in [5.74, 6) is 0.621. The van der Waals surface area contributed by atoms with Gasteiger partial charge in [-0.15, -0.1) is 11.3 Å². The molecule has 0 radical (unpaired) electrons. The van der Waals surface area contributed by atoms with Gasteiger partial charge in [-0.25, -0.2) is 4.98 Å². The third-order valence-electron chi connectivity index (χ3n) is 2.92. The Kier molecular flexibility index (Phi) is 4.66. The minimum absolute atomic E-state index is 0.0750. The molecule has 1 unspecified atom stereocenters. The van der Waals surface area contributed by atoms with E-state index >= 15 is 0 Å². The number of rotatable bonds is 4. The van der Waals surface area contributed by atoms with Gasteiger partial charge in [-0.1, -0.05) is 23.7 Å². The number of ether oxygens (including phenoxy) is 1. The molecule has 0 amide bonds. The standard InChI is InChI=1S/C16H12ClNO2S2/c1-10(20-12-8-6-11(17)7-9-12)15(19)22-16-18-13-4-2-3-5-14(13)21-16/h2-10H,1H3. The molecule has 2 aromatic carbocycles. The van der Waals surface area contributed by atoms with Gasteiger partial charge in [-0.2, -0.15) is 0 Å². The number of fused-ring (bicyclic) bond motifs is 1. The lowest BCUT2D eigenvalue weighted by Gasteiger charge is -2.12. The maximum atomic E-state index is 12.2. The largest absolute Gasteiger partial charge is 0.482 e. The first-order valence-electron chi connectivity index (χ1n) is 6.61. The van der Waals surface area contributed by atoms with Crippen LogP contribution in [0.4, 0.5) is 0 Å². The second-order valence-corrected chi connectivity index (χ2v) is 7.30. The number of thiazole rings is 1. The number of para-hydroxylation sites is 1. The first kappa shape index (κ1) is 15.3. The van der Waals surface area contributed by atoms with Crippen LogP contribution in [0.15, 0.2) is 52.9 Å². The van der Waals surface area contributed by atoms with Crippen LogP contribution in [0.1, 0.15) is 6.92 Å². The van der Waals surface area contributed by atoms with Crippen LogP contribution in [0, 0.1) is 0 Å². The number of halogens is 1. The van der Waals surface area contributed by atoms with Gasteiger partial charge in [0.05, 0.1) is 10.2 Å². The van der Waals surface area contributed by atoms with Crippen LogP contribution in [0.5, 0.6) is 5.75 Å². The zero-order valence-electron chi connectivity index (χ0n) is 11.7. The van der Waals surface area contributed by atoms with E-state index in [0.29, 0.717) is 10.8 Å². The van der Waals surface area contributed by atoms with Gasteiger partial charge in [0.1, 0.15) is 5.75 Å². The maximum absolute atomic E-state index is 12.2. The fraction of sp³-hybridized carbons (Fsp3) is 0.125. The summed E-state index contributed by atoms with van der Waals surface area (Å²) in [7, 11) is 0. The SMILES string of the molecule is CC(Oc1ccc(Cl)cc1)C(=O)Sc1nc2ccccc2s1. The van der Waals surface area contributed by atoms with E-state index in [-0.39, 0.29) is 5.12 Å². The maximum Gasteiger partial charge on any atom is 0.236 e. The average molecular weight is 350 g/mol. The van der Waals surface area contributed by atoms with Crippen molar-refractivity contribution in [1.29, 1.82) is 0 Å². The Morgan fingerprint density at radius 3 is 2.68 bits per heavy atom. The Morgan fingerprint density at radius 2 is 1.95 bits per heavy atom. The molecule has 6 heteroatoms. The quantitative estimate of drug-likeness (QED) is 0.619. The zero-order valence-corrected chi connectivity index (χ0v) is 14.0. The number of aromatic nitrogens is 1. The van der Waals surface area contributed by atoms with E-state index in [1.807, 2.05) is 24.3 Å². The number of hydrogen-bond acceptors (Lipinski definition) is 5. The summed E-state index contributed by atoms with van der Waals surface area (Å²) in [5.41, 5.74) is 0.911. The minimum atomic E-state index is -0.557. The van der Waals surface area contributed by atoms with Gasteiger partial charge < -0.3 is 4.74 Å². The van der Waals surface area contributed by atoms with Crippen molar-refractivity contribution < 1.29 is 9.53 Å². The molecule has 0 fully saturated rings. The molecule has 3 nitrogen and oxygen atoms in total. The van der Waals surface area contributed by atoms with E-state index < -0.39 is 6.10 Å². The van der Waals surface area contributed by atoms with Gasteiger partial charge in [0.2, 0.25) is 5.12 Å². The highest BCUT2D eigenvalue weighted by molar-refractivity contribution is 8.15. The summed E-state index contributed by atoms with van der Waals surface area (Å²) >= 11 is 8.45. The molecule has 1 aromatic heterocycles. The van der Waals surface area contributed by atoms with Crippen molar-refractivity contribution in [2.45, 2.75) is 17.4 Å². The van der Waals surface area contributed by atoms with E-state index in [9.17, 15) is 4.79 Å². The molecule has 3 rings (SSSR count). The Balaban J connectivity index is 1.66. The summed E-state index contributed by atoms with van der Waals surface area (Å²) in [4.78, 5) is 16.7. The molecular formula is C16H12ClNO2S2. The van der Waals surface area contributed by atoms with E-state index in [0.717, 1.165) is 26.3 Å². The monoisotopic (exact) mass is 349 g/mol. The van der Waals surface area contributed by atoms with Crippen molar-refractivity contribution in [3.63, 3.8) is 0 Å². The van der Waals surface area contributed by atoms with Gasteiger partial charge in [-0.05, 0) is 55.1 Å². The van der Waals surface area contributed by atoms with E-state index in [2.05, 4.69) is 4.98 Å². The van der Waals surface area contributed by atoms with Crippen LogP contribution >= 0.6 is 34.7 Å². The Morgan fingerprint density at radius 1 is 1.23 bits per heavy atom. The third-order valence-corrected chi connectivity index (χ3v) is 5.30. The molecule has 0 bridgehead atoms. The molecule has 1 atom stereocenters. The summed E-state index contributed by atoms with van der Waals surface area (Å²) in [5, 5.41) is 0.559. The van der Waals surface area contributed by atoms with Crippen molar-refractivity contribution in [2.24, 2.45) is 0 Å². The molecule has 0 saturated heterocycles. The van der Waals surface area contributed by atoms with Crippen LogP contribution in [0.2, 0.25) is 5.02 Å². The van der Waals surface area contributed by atoms with E-state index in [1.165, 1.54) is 11.3 Å². The summed E-state index contributed by atoms with van der Waals surface area (Å²) in [6.07, 6.45) is -0.557. The van der Waals surface area contributed by atoms with Crippen molar-refractivity contribution in [1.82, 2.24) is 4.98 Å². The molecule has 0 saturated carbocycles. The van der Waals surface area contributed by atoms with Crippen molar-refractivity contribution in [3.8, 4) is 5.75 Å². The molecule has 112 valence electrons. The predicted molar refractivity (Wildman–Crippen MR) is 92.0 cm³/mol. The predicted octanol–water partition coefficient (Wildman–Crippen LogP) is 5.04. The Labute approximate surface area is 141 Å². The number of nitrogens with zero attached hydrogens (tertiary/aromatic N) is 1. The molecule has 1 heterocycles. The molecule has 3 aromatic rings. The zero-order chi connectivity index (χ0) is 15.5. The molecular weight excluding hydrogens is 338 g/mol. The van der Waals surface area contributed by atoms with Gasteiger partial charge in [-0.3, -0.25) is 4.79 Å². The molecule has 0 aliphatic heterocycles. The van der Waals surface area contributed by atoms with Crippen LogP contribution in [-0.4, -0.2) is 16.2 Å². The van der Waals surface area contributed by atoms with Gasteiger partial charge >= 0.3 is 0 Å². The van der Waals surface area contributed by atoms with Crippen LogP contribution in [0.3, 0.4) is 0 Å². The normalized spacial score (nSPS) is 12.3. The Bertz CT molecular complexity index is 768. The molecule has 0 aliphatic rings. The van der Waals surface area contributed by atoms with Crippen LogP contribution < -0.4 is 4.74 Å². The first-order chi connectivity index (χ1) is 10.6. The highest BCUT2D eigenvalue weighted by Gasteiger charge is 2.18. The second kappa shape index (κ2) is 6.69. The third kappa shape index (κ3) is 3.61. The summed E-state index contributed by atoms with van der Waals surface area (Å²) < 4.78 is 7.43. The number of hydrogen-bond donors (Lipinski definition) is 0. The molecule has 0 spiro atoms. The number of carbonyl (C=O) groups is 1. The molecule has 22 heavy (non-hydrogen) atoms. The smallest absolute Gasteiger partial charge is 0.236 e. The number of thioether (sulfide) groups is 1. The molecule has 0 aliphatic carbocycles. The number of carbonyl (C=O) groups excluding carboxylic acids is 1. The van der Waals surface area contributed by atoms with Crippen molar-refractivity contribution in [3.05, 3.63) is 53.6 Å². The van der Waals surface area contributed by atoms with Crippen LogP contribution in [-0.2, 0) is 4.79 Å². The lowest BCUT2D eigenvalue weighted by Crippen LogP contribution is -2.20. The lowest BCUT2D eigenvalue weighted by atomic mass is 10.3. The Hall–Kier alpha value is -1.56. The highest BCUT2D eigenvalue weighted by atomic mass is 35.5. The van der Waals surface area contributed by atoms with Gasteiger partial charge in [0, 0.05) is 5.02 Å². The summed E-state index contributed by atoms with van der Waals surface area (Å²) in [6, 6.07) is 14.8. The minimum Gasteiger partial charge on any atom is -0.482 e. The number of benzene rings is 2. The van der Waals surface area contributed by atoms with Crippen molar-refractivity contribution in [2.75, 3.05) is 0 Å². The fourth-order valence-electron chi connectivity index (χ4n) is 1.83. The van der Waals surface area contributed by atoms with E-state index in [4.69, 9.17) is 16.3 Å². The lowest BCUT2D eigenvalue weighted by molar-refractivity contribution is -0.116. The average Bonchev–Trinajstić information content (AvgIpc) is 2.91.